The molecule has 0 amide bonds. The van der Waals surface area contributed by atoms with Gasteiger partial charge in [0.1, 0.15) is 11.7 Å². The molecule has 0 saturated carbocycles. The monoisotopic (exact) mass is 378 g/mol. The fourth-order valence-electron chi connectivity index (χ4n) is 3.05. The zero-order chi connectivity index (χ0) is 20.5. The Hall–Kier alpha value is -3.15. The SMILES string of the molecule is CN=C(CCCc1ccc(C(=N)N)cc1)N(C)CCc1ccc(C(=N)N)cc1. The van der Waals surface area contributed by atoms with Crippen molar-refractivity contribution in [3.8, 4) is 0 Å². The van der Waals surface area contributed by atoms with E-state index in [4.69, 9.17) is 22.3 Å². The molecule has 0 aliphatic heterocycles. The highest BCUT2D eigenvalue weighted by Crippen LogP contribution is 2.10. The van der Waals surface area contributed by atoms with Gasteiger partial charge >= 0.3 is 0 Å². The van der Waals surface area contributed by atoms with Crippen LogP contribution in [0.4, 0.5) is 0 Å². The minimum absolute atomic E-state index is 0.0972. The van der Waals surface area contributed by atoms with Crippen LogP contribution in [0.1, 0.15) is 35.1 Å². The van der Waals surface area contributed by atoms with Crippen LogP contribution in [0.25, 0.3) is 0 Å². The Bertz CT molecular complexity index is 821. The first-order valence-electron chi connectivity index (χ1n) is 9.44. The lowest BCUT2D eigenvalue weighted by Crippen LogP contribution is -2.29. The molecule has 0 atom stereocenters. The third-order valence-electron chi connectivity index (χ3n) is 4.83. The Morgan fingerprint density at radius 3 is 1.75 bits per heavy atom. The highest BCUT2D eigenvalue weighted by Gasteiger charge is 2.07. The summed E-state index contributed by atoms with van der Waals surface area (Å²) in [4.78, 5) is 6.67. The van der Waals surface area contributed by atoms with E-state index in [9.17, 15) is 0 Å². The van der Waals surface area contributed by atoms with Crippen molar-refractivity contribution in [3.63, 3.8) is 0 Å². The summed E-state index contributed by atoms with van der Waals surface area (Å²) in [5.41, 5.74) is 15.0. The molecule has 0 bridgehead atoms. The lowest BCUT2D eigenvalue weighted by molar-refractivity contribution is 0.492. The lowest BCUT2D eigenvalue weighted by atomic mass is 10.0. The van der Waals surface area contributed by atoms with Gasteiger partial charge in [-0.15, -0.1) is 0 Å². The minimum Gasteiger partial charge on any atom is -0.384 e. The molecule has 0 unspecified atom stereocenters. The summed E-state index contributed by atoms with van der Waals surface area (Å²) in [5.74, 6) is 1.30. The van der Waals surface area contributed by atoms with Gasteiger partial charge in [0, 0.05) is 38.2 Å². The van der Waals surface area contributed by atoms with Gasteiger partial charge in [0.15, 0.2) is 0 Å². The first-order chi connectivity index (χ1) is 13.4. The molecule has 0 aliphatic rings. The molecule has 2 aromatic rings. The number of nitrogens with two attached hydrogens (primary N) is 2. The first kappa shape index (κ1) is 21.2. The highest BCUT2D eigenvalue weighted by atomic mass is 15.2. The smallest absolute Gasteiger partial charge is 0.122 e. The van der Waals surface area contributed by atoms with Gasteiger partial charge in [0.25, 0.3) is 0 Å². The molecule has 0 aromatic heterocycles. The highest BCUT2D eigenvalue weighted by molar-refractivity contribution is 5.95. The summed E-state index contributed by atoms with van der Waals surface area (Å²) >= 11 is 0. The Morgan fingerprint density at radius 2 is 1.32 bits per heavy atom. The van der Waals surface area contributed by atoms with Gasteiger partial charge in [-0.3, -0.25) is 15.8 Å². The molecular weight excluding hydrogens is 348 g/mol. The van der Waals surface area contributed by atoms with Crippen LogP contribution in [0.2, 0.25) is 0 Å². The molecule has 0 heterocycles. The molecule has 6 N–H and O–H groups in total. The first-order valence-corrected chi connectivity index (χ1v) is 9.44. The third-order valence-corrected chi connectivity index (χ3v) is 4.83. The standard InChI is InChI=1S/C22H30N6/c1-27-20(5-3-4-16-6-10-18(11-7-16)21(23)24)28(2)15-14-17-8-12-19(13-9-17)22(25)26/h6-13H,3-5,14-15H2,1-2H3,(H3,23,24)(H3,25,26). The summed E-state index contributed by atoms with van der Waals surface area (Å²) in [6, 6.07) is 15.7. The average molecular weight is 379 g/mol. The second-order valence-corrected chi connectivity index (χ2v) is 6.89. The van der Waals surface area contributed by atoms with Crippen LogP contribution in [-0.2, 0) is 12.8 Å². The Balaban J connectivity index is 1.80. The van der Waals surface area contributed by atoms with Gasteiger partial charge in [-0.05, 0) is 30.4 Å². The summed E-state index contributed by atoms with van der Waals surface area (Å²) in [6.07, 6.45) is 3.83. The number of hydrogen-bond acceptors (Lipinski definition) is 3. The normalized spacial score (nSPS) is 11.3. The molecule has 6 heteroatoms. The molecular formula is C22H30N6. The van der Waals surface area contributed by atoms with E-state index >= 15 is 0 Å². The molecule has 0 radical (unpaired) electrons. The second kappa shape index (κ2) is 10.3. The minimum atomic E-state index is 0.0972. The van der Waals surface area contributed by atoms with E-state index in [0.29, 0.717) is 0 Å². The van der Waals surface area contributed by atoms with Crippen LogP contribution in [0.5, 0.6) is 0 Å². The molecule has 6 nitrogen and oxygen atoms in total. The molecule has 148 valence electrons. The number of likely N-dealkylation sites (N-methyl/N-ethyl adjacent to an activating group) is 1. The lowest BCUT2D eigenvalue weighted by Gasteiger charge is -2.21. The van der Waals surface area contributed by atoms with E-state index in [1.165, 1.54) is 11.1 Å². The number of amidine groups is 3. The molecule has 0 spiro atoms. The summed E-state index contributed by atoms with van der Waals surface area (Å²) in [6.45, 7) is 0.888. The topological polar surface area (TPSA) is 115 Å². The zero-order valence-corrected chi connectivity index (χ0v) is 16.7. The van der Waals surface area contributed by atoms with Crippen LogP contribution < -0.4 is 11.5 Å². The number of nitrogens with zero attached hydrogens (tertiary/aromatic N) is 2. The van der Waals surface area contributed by atoms with Crippen LogP contribution in [0.3, 0.4) is 0 Å². The summed E-state index contributed by atoms with van der Waals surface area (Å²) in [7, 11) is 3.92. The molecule has 2 aromatic carbocycles. The Kier molecular flexibility index (Phi) is 7.75. The maximum absolute atomic E-state index is 7.45. The molecule has 0 fully saturated rings. The molecule has 0 aliphatic carbocycles. The largest absolute Gasteiger partial charge is 0.384 e. The van der Waals surface area contributed by atoms with E-state index in [2.05, 4.69) is 16.9 Å². The molecule has 2 rings (SSSR count). The van der Waals surface area contributed by atoms with E-state index in [1.54, 1.807) is 0 Å². The van der Waals surface area contributed by atoms with Crippen molar-refractivity contribution in [1.82, 2.24) is 4.90 Å². The van der Waals surface area contributed by atoms with Crippen LogP contribution in [0, 0.1) is 10.8 Å². The van der Waals surface area contributed by atoms with Crippen molar-refractivity contribution in [2.75, 3.05) is 20.6 Å². The van der Waals surface area contributed by atoms with Crippen LogP contribution >= 0.6 is 0 Å². The van der Waals surface area contributed by atoms with Crippen molar-refractivity contribution < 1.29 is 0 Å². The number of aryl methyl sites for hydroxylation is 1. The average Bonchev–Trinajstić information content (AvgIpc) is 2.70. The van der Waals surface area contributed by atoms with Crippen molar-refractivity contribution in [2.45, 2.75) is 25.7 Å². The van der Waals surface area contributed by atoms with E-state index in [0.717, 1.165) is 49.2 Å². The van der Waals surface area contributed by atoms with Crippen molar-refractivity contribution in [2.24, 2.45) is 16.5 Å². The van der Waals surface area contributed by atoms with Crippen molar-refractivity contribution >= 4 is 17.5 Å². The second-order valence-electron chi connectivity index (χ2n) is 6.89. The number of benzene rings is 2. The number of nitrogen functional groups attached to an aromatic ring is 2. The van der Waals surface area contributed by atoms with E-state index < -0.39 is 0 Å². The number of hydrogen-bond donors (Lipinski definition) is 4. The van der Waals surface area contributed by atoms with Crippen LogP contribution in [-0.4, -0.2) is 43.0 Å². The third kappa shape index (κ3) is 6.23. The van der Waals surface area contributed by atoms with Gasteiger partial charge in [0.2, 0.25) is 0 Å². The van der Waals surface area contributed by atoms with Crippen molar-refractivity contribution in [1.29, 1.82) is 10.8 Å². The van der Waals surface area contributed by atoms with Crippen LogP contribution in [0.15, 0.2) is 53.5 Å². The maximum atomic E-state index is 7.45. The van der Waals surface area contributed by atoms with Gasteiger partial charge in [-0.2, -0.15) is 0 Å². The van der Waals surface area contributed by atoms with Gasteiger partial charge in [-0.25, -0.2) is 0 Å². The van der Waals surface area contributed by atoms with Gasteiger partial charge in [0.05, 0.1) is 5.84 Å². The maximum Gasteiger partial charge on any atom is 0.122 e. The Morgan fingerprint density at radius 1 is 0.857 bits per heavy atom. The number of aliphatic imine (C=N–C) groups is 1. The predicted molar refractivity (Wildman–Crippen MR) is 118 cm³/mol. The van der Waals surface area contributed by atoms with Gasteiger partial charge in [-0.1, -0.05) is 48.5 Å². The fourth-order valence-corrected chi connectivity index (χ4v) is 3.05. The van der Waals surface area contributed by atoms with E-state index in [-0.39, 0.29) is 11.7 Å². The number of nitrogens with one attached hydrogen (secondary N) is 2. The molecule has 0 saturated heterocycles. The zero-order valence-electron chi connectivity index (χ0n) is 16.7. The summed E-state index contributed by atoms with van der Waals surface area (Å²) in [5, 5.41) is 14.9. The predicted octanol–water partition coefficient (Wildman–Crippen LogP) is 2.78. The number of rotatable bonds is 9. The van der Waals surface area contributed by atoms with Crippen molar-refractivity contribution in [3.05, 3.63) is 70.8 Å². The van der Waals surface area contributed by atoms with E-state index in [1.807, 2.05) is 55.6 Å². The fraction of sp³-hybridized carbons (Fsp3) is 0.318. The summed E-state index contributed by atoms with van der Waals surface area (Å²) < 4.78 is 0. The van der Waals surface area contributed by atoms with Gasteiger partial charge < -0.3 is 16.4 Å². The molecule has 28 heavy (non-hydrogen) atoms. The Labute approximate surface area is 167 Å². The quantitative estimate of drug-likeness (QED) is 0.397.